The first-order chi connectivity index (χ1) is 3.35. The largest absolute Gasteiger partial charge is 0.282 e. The Morgan fingerprint density at radius 2 is 1.71 bits per heavy atom. The summed E-state index contributed by atoms with van der Waals surface area (Å²) in [5.74, 6) is 0. The van der Waals surface area contributed by atoms with Gasteiger partial charge in [0.25, 0.3) is 14.1 Å². The third-order valence-corrected chi connectivity index (χ3v) is 5.43. The minimum Gasteiger partial charge on any atom is -0.143 e. The minimum absolute atomic E-state index is 0.406. The van der Waals surface area contributed by atoms with E-state index < -0.39 is 14.1 Å². The standard InChI is InChI=1S/2C2H5.CH2Cl.Al/c3*1-2;/h2*1H2,2H3;1H2;. The molecule has 0 rings (SSSR count). The van der Waals surface area contributed by atoms with Crippen LogP contribution in [0.2, 0.25) is 10.6 Å². The summed E-state index contributed by atoms with van der Waals surface area (Å²) in [4.78, 5) is 0. The Morgan fingerprint density at radius 3 is 1.71 bits per heavy atom. The van der Waals surface area contributed by atoms with Crippen molar-refractivity contribution in [1.29, 1.82) is 0 Å². The van der Waals surface area contributed by atoms with E-state index in [1.807, 2.05) is 0 Å². The van der Waals surface area contributed by atoms with E-state index >= 15 is 0 Å². The second kappa shape index (κ2) is 4.97. The molecule has 0 aromatic carbocycles. The second-order valence-corrected chi connectivity index (χ2v) is 6.44. The van der Waals surface area contributed by atoms with Crippen LogP contribution in [-0.4, -0.2) is 18.9 Å². The van der Waals surface area contributed by atoms with Crippen molar-refractivity contribution >= 4 is 25.7 Å². The van der Waals surface area contributed by atoms with Crippen molar-refractivity contribution in [1.82, 2.24) is 0 Å². The van der Waals surface area contributed by atoms with Crippen LogP contribution in [0.3, 0.4) is 0 Å². The van der Waals surface area contributed by atoms with Crippen LogP contribution in [-0.2, 0) is 0 Å². The van der Waals surface area contributed by atoms with Gasteiger partial charge in [-0.2, -0.15) is 0 Å². The Bertz CT molecular complexity index is 29.6. The van der Waals surface area contributed by atoms with Crippen LogP contribution in [0.1, 0.15) is 13.8 Å². The van der Waals surface area contributed by atoms with Crippen molar-refractivity contribution in [3.63, 3.8) is 0 Å². The molecule has 0 aromatic rings. The van der Waals surface area contributed by atoms with Gasteiger partial charge in [0, 0.05) is 0 Å². The highest BCUT2D eigenvalue weighted by atomic mass is 35.5. The maximum atomic E-state index is 5.63. The molecule has 0 aliphatic heterocycles. The van der Waals surface area contributed by atoms with Gasteiger partial charge in [0.15, 0.2) is 0 Å². The molecule has 0 unspecified atom stereocenters. The summed E-state index contributed by atoms with van der Waals surface area (Å²) in [6.45, 7) is 4.48. The van der Waals surface area contributed by atoms with E-state index in [1.165, 1.54) is 10.6 Å². The summed E-state index contributed by atoms with van der Waals surface area (Å²) in [6, 6.07) is 0. The fourth-order valence-corrected chi connectivity index (χ4v) is 2.83. The Balaban J connectivity index is 2.99. The van der Waals surface area contributed by atoms with Crippen molar-refractivity contribution in [2.75, 3.05) is 4.74 Å². The third kappa shape index (κ3) is 3.41. The van der Waals surface area contributed by atoms with Gasteiger partial charge in [-0.25, -0.2) is 0 Å². The molecule has 0 aliphatic rings. The fourth-order valence-electron chi connectivity index (χ4n) is 0.507. The molecule has 0 aromatic heterocycles. The molecular formula is C5H12AlCl. The lowest BCUT2D eigenvalue weighted by atomic mass is 10.9. The van der Waals surface area contributed by atoms with Gasteiger partial charge in [-0.1, -0.05) is 24.4 Å². The molecule has 0 heterocycles. The van der Waals surface area contributed by atoms with Gasteiger partial charge in [-0.3, -0.25) is 0 Å². The first-order valence-corrected chi connectivity index (χ1v) is 5.89. The van der Waals surface area contributed by atoms with E-state index in [1.54, 1.807) is 0 Å². The normalized spacial score (nSPS) is 9.00. The minimum atomic E-state index is -0.406. The predicted octanol–water partition coefficient (Wildman–Crippen LogP) is 2.30. The van der Waals surface area contributed by atoms with Gasteiger partial charge in [-0.15, -0.1) is 11.6 Å². The number of alkyl halides is 1. The monoisotopic (exact) mass is 134 g/mol. The summed E-state index contributed by atoms with van der Waals surface area (Å²) >= 11 is 5.22. The molecule has 0 atom stereocenters. The number of hydrogen-bond donors (Lipinski definition) is 0. The van der Waals surface area contributed by atoms with Crippen molar-refractivity contribution in [2.24, 2.45) is 0 Å². The van der Waals surface area contributed by atoms with E-state index in [9.17, 15) is 0 Å². The first kappa shape index (κ1) is 7.82. The zero-order valence-corrected chi connectivity index (χ0v) is 6.99. The molecule has 0 bridgehead atoms. The highest BCUT2D eigenvalue weighted by Gasteiger charge is 2.07. The van der Waals surface area contributed by atoms with E-state index in [0.29, 0.717) is 0 Å². The Morgan fingerprint density at radius 1 is 1.29 bits per heavy atom. The van der Waals surface area contributed by atoms with Gasteiger partial charge in [0.05, 0.1) is 0 Å². The second-order valence-electron chi connectivity index (χ2n) is 1.84. The molecule has 42 valence electrons. The molecule has 2 heteroatoms. The summed E-state index contributed by atoms with van der Waals surface area (Å²) in [5, 5.41) is 2.72. The van der Waals surface area contributed by atoms with E-state index in [-0.39, 0.29) is 0 Å². The Kier molecular flexibility index (Phi) is 5.55. The first-order valence-electron chi connectivity index (χ1n) is 2.91. The lowest BCUT2D eigenvalue weighted by Gasteiger charge is -1.95. The van der Waals surface area contributed by atoms with Gasteiger partial charge in [0.2, 0.25) is 0 Å². The molecule has 0 saturated heterocycles. The average molecular weight is 135 g/mol. The van der Waals surface area contributed by atoms with Crippen LogP contribution in [0.15, 0.2) is 0 Å². The average Bonchev–Trinajstić information content (AvgIpc) is 1.72. The zero-order valence-electron chi connectivity index (χ0n) is 5.08. The number of rotatable bonds is 3. The molecule has 0 N–H and O–H groups in total. The maximum absolute atomic E-state index is 5.63. The SMILES string of the molecule is C[CH2][Al]([CH2]C)[CH2]Cl. The molecule has 0 fully saturated rings. The summed E-state index contributed by atoms with van der Waals surface area (Å²) in [5.41, 5.74) is 0. The Hall–Kier alpha value is 0.822. The molecular weight excluding hydrogens is 122 g/mol. The van der Waals surface area contributed by atoms with Crippen molar-refractivity contribution in [3.05, 3.63) is 0 Å². The van der Waals surface area contributed by atoms with Crippen LogP contribution in [0, 0.1) is 0 Å². The zero-order chi connectivity index (χ0) is 5.70. The van der Waals surface area contributed by atoms with Crippen molar-refractivity contribution in [3.8, 4) is 0 Å². The van der Waals surface area contributed by atoms with E-state index in [2.05, 4.69) is 13.8 Å². The smallest absolute Gasteiger partial charge is 0.143 e. The quantitative estimate of drug-likeness (QED) is 0.411. The highest BCUT2D eigenvalue weighted by molar-refractivity contribution is 6.67. The van der Waals surface area contributed by atoms with Crippen LogP contribution in [0.25, 0.3) is 0 Å². The van der Waals surface area contributed by atoms with Crippen LogP contribution >= 0.6 is 11.6 Å². The predicted molar refractivity (Wildman–Crippen MR) is 37.4 cm³/mol. The summed E-state index contributed by atoms with van der Waals surface area (Å²) in [6.07, 6.45) is 0. The van der Waals surface area contributed by atoms with Crippen LogP contribution in [0.4, 0.5) is 0 Å². The summed E-state index contributed by atoms with van der Waals surface area (Å²) in [7, 11) is 0. The number of halogens is 1. The molecule has 0 nitrogen and oxygen atoms in total. The molecule has 0 aliphatic carbocycles. The third-order valence-electron chi connectivity index (χ3n) is 1.37. The van der Waals surface area contributed by atoms with Crippen molar-refractivity contribution in [2.45, 2.75) is 24.4 Å². The van der Waals surface area contributed by atoms with Crippen LogP contribution in [0.5, 0.6) is 0 Å². The fraction of sp³-hybridized carbons (Fsp3) is 1.00. The summed E-state index contributed by atoms with van der Waals surface area (Å²) < 4.78 is 0.965. The number of hydrogen-bond acceptors (Lipinski definition) is 0. The molecule has 7 heavy (non-hydrogen) atoms. The van der Waals surface area contributed by atoms with E-state index in [4.69, 9.17) is 11.6 Å². The van der Waals surface area contributed by atoms with Gasteiger partial charge in [-0.05, 0) is 4.74 Å². The van der Waals surface area contributed by atoms with E-state index in [0.717, 1.165) is 4.74 Å². The van der Waals surface area contributed by atoms with Gasteiger partial charge < -0.3 is 0 Å². The van der Waals surface area contributed by atoms with Gasteiger partial charge >= 0.3 is 0 Å². The highest BCUT2D eigenvalue weighted by Crippen LogP contribution is 1.98. The molecule has 0 spiro atoms. The lowest BCUT2D eigenvalue weighted by Crippen LogP contribution is -2.10. The molecule has 0 radical (unpaired) electrons. The molecule has 0 amide bonds. The maximum Gasteiger partial charge on any atom is 0.282 e. The topological polar surface area (TPSA) is 0 Å². The Labute approximate surface area is 55.3 Å². The van der Waals surface area contributed by atoms with Crippen molar-refractivity contribution < 1.29 is 0 Å². The molecule has 0 saturated carbocycles. The van der Waals surface area contributed by atoms with Crippen LogP contribution < -0.4 is 0 Å². The van der Waals surface area contributed by atoms with Gasteiger partial charge in [0.1, 0.15) is 0 Å². The lowest BCUT2D eigenvalue weighted by molar-refractivity contribution is 1.31.